The SMILES string of the molecule is CC(O)(c1ccc(N2CCN(S(=O)(=O)c3cccs3)C[C@@H]2Cc2ccccc2F)cc1)C(F)(F)F. The number of thiophene rings is 1. The summed E-state index contributed by atoms with van der Waals surface area (Å²) in [7, 11) is -3.73. The molecule has 5 nitrogen and oxygen atoms in total. The van der Waals surface area contributed by atoms with Crippen LogP contribution in [0, 0.1) is 5.82 Å². The Balaban J connectivity index is 1.65. The number of rotatable bonds is 6. The molecule has 0 bridgehead atoms. The Morgan fingerprint density at radius 1 is 1.03 bits per heavy atom. The van der Waals surface area contributed by atoms with Gasteiger partial charge in [0.15, 0.2) is 5.60 Å². The molecule has 1 saturated heterocycles. The smallest absolute Gasteiger partial charge is 0.376 e. The van der Waals surface area contributed by atoms with Crippen molar-refractivity contribution >= 4 is 27.0 Å². The van der Waals surface area contributed by atoms with Crippen molar-refractivity contribution in [3.05, 3.63) is 83.0 Å². The first-order valence-electron chi connectivity index (χ1n) is 10.8. The minimum atomic E-state index is -4.84. The number of halogens is 4. The third-order valence-electron chi connectivity index (χ3n) is 6.26. The summed E-state index contributed by atoms with van der Waals surface area (Å²) >= 11 is 1.12. The van der Waals surface area contributed by atoms with Gasteiger partial charge >= 0.3 is 6.18 Å². The maximum absolute atomic E-state index is 14.4. The van der Waals surface area contributed by atoms with E-state index in [0.717, 1.165) is 11.3 Å². The van der Waals surface area contributed by atoms with E-state index in [1.165, 1.54) is 40.7 Å². The highest BCUT2D eigenvalue weighted by Crippen LogP contribution is 2.39. The molecule has 3 aromatic rings. The molecule has 1 N–H and O–H groups in total. The summed E-state index contributed by atoms with van der Waals surface area (Å²) in [5.74, 6) is -0.415. The monoisotopic (exact) mass is 528 g/mol. The second kappa shape index (κ2) is 9.53. The first-order valence-corrected chi connectivity index (χ1v) is 13.2. The molecule has 1 aliphatic rings. The number of nitrogens with zero attached hydrogens (tertiary/aromatic N) is 2. The Hall–Kier alpha value is -2.47. The number of anilines is 1. The van der Waals surface area contributed by atoms with Crippen LogP contribution in [0.1, 0.15) is 18.1 Å². The van der Waals surface area contributed by atoms with Crippen molar-refractivity contribution in [2.75, 3.05) is 24.5 Å². The van der Waals surface area contributed by atoms with Crippen molar-refractivity contribution in [1.82, 2.24) is 4.31 Å². The minimum absolute atomic E-state index is 0.0799. The van der Waals surface area contributed by atoms with Crippen LogP contribution in [0.5, 0.6) is 0 Å². The van der Waals surface area contributed by atoms with E-state index in [9.17, 15) is 31.1 Å². The molecule has 0 amide bonds. The molecule has 2 aromatic carbocycles. The highest BCUT2D eigenvalue weighted by atomic mass is 32.2. The molecule has 1 unspecified atom stereocenters. The van der Waals surface area contributed by atoms with E-state index < -0.39 is 33.7 Å². The second-order valence-corrected chi connectivity index (χ2v) is 11.7. The van der Waals surface area contributed by atoms with Crippen LogP contribution in [0.4, 0.5) is 23.2 Å². The van der Waals surface area contributed by atoms with Gasteiger partial charge in [0.1, 0.15) is 10.0 Å². The topological polar surface area (TPSA) is 60.9 Å². The average molecular weight is 529 g/mol. The maximum atomic E-state index is 14.4. The molecule has 0 saturated carbocycles. The van der Waals surface area contributed by atoms with E-state index >= 15 is 0 Å². The lowest BCUT2D eigenvalue weighted by Crippen LogP contribution is -2.55. The molecule has 0 spiro atoms. The lowest BCUT2D eigenvalue weighted by molar-refractivity contribution is -0.258. The van der Waals surface area contributed by atoms with Gasteiger partial charge in [-0.2, -0.15) is 17.5 Å². The van der Waals surface area contributed by atoms with Crippen molar-refractivity contribution in [3.63, 3.8) is 0 Å². The fourth-order valence-corrected chi connectivity index (χ4v) is 6.77. The molecule has 2 heterocycles. The van der Waals surface area contributed by atoms with Gasteiger partial charge in [-0.05, 0) is 54.1 Å². The summed E-state index contributed by atoms with van der Waals surface area (Å²) in [6.45, 7) is 1.20. The number of hydrogen-bond donors (Lipinski definition) is 1. The fourth-order valence-electron chi connectivity index (χ4n) is 4.16. The standard InChI is InChI=1S/C24H24F4N2O3S2/c1-23(31,24(26,27)28)18-8-10-19(11-9-18)30-13-12-29(35(32,33)22-7-4-14-34-22)16-20(30)15-17-5-2-3-6-21(17)25/h2-11,14,20,31H,12-13,15-16H2,1H3/t20-,23?/m0/s1. The molecule has 1 aromatic heterocycles. The van der Waals surface area contributed by atoms with Gasteiger partial charge in [0, 0.05) is 31.4 Å². The predicted octanol–water partition coefficient (Wildman–Crippen LogP) is 4.78. The number of benzene rings is 2. The van der Waals surface area contributed by atoms with Crippen LogP contribution in [0.3, 0.4) is 0 Å². The van der Waals surface area contributed by atoms with Crippen LogP contribution in [-0.2, 0) is 22.0 Å². The zero-order valence-electron chi connectivity index (χ0n) is 18.7. The van der Waals surface area contributed by atoms with Gasteiger partial charge in [-0.3, -0.25) is 0 Å². The van der Waals surface area contributed by atoms with Gasteiger partial charge in [0.05, 0.1) is 0 Å². The Labute approximate surface area is 205 Å². The van der Waals surface area contributed by atoms with Crippen molar-refractivity contribution in [2.45, 2.75) is 35.4 Å². The van der Waals surface area contributed by atoms with Crippen molar-refractivity contribution in [1.29, 1.82) is 0 Å². The van der Waals surface area contributed by atoms with Crippen LogP contribution in [0.25, 0.3) is 0 Å². The zero-order valence-corrected chi connectivity index (χ0v) is 20.4. The van der Waals surface area contributed by atoms with Crippen molar-refractivity contribution in [2.24, 2.45) is 0 Å². The number of sulfonamides is 1. The lowest BCUT2D eigenvalue weighted by Gasteiger charge is -2.42. The number of hydrogen-bond acceptors (Lipinski definition) is 5. The van der Waals surface area contributed by atoms with Gasteiger partial charge in [0.2, 0.25) is 0 Å². The number of aliphatic hydroxyl groups is 1. The van der Waals surface area contributed by atoms with Crippen LogP contribution in [0.2, 0.25) is 0 Å². The molecule has 11 heteroatoms. The molecule has 35 heavy (non-hydrogen) atoms. The molecule has 1 aliphatic heterocycles. The van der Waals surface area contributed by atoms with E-state index in [0.29, 0.717) is 18.2 Å². The Morgan fingerprint density at radius 2 is 1.71 bits per heavy atom. The molecule has 0 radical (unpaired) electrons. The third kappa shape index (κ3) is 5.09. The normalized spacial score (nSPS) is 19.5. The van der Waals surface area contributed by atoms with E-state index in [4.69, 9.17) is 0 Å². The molecule has 0 aliphatic carbocycles. The van der Waals surface area contributed by atoms with Gasteiger partial charge in [-0.15, -0.1) is 11.3 Å². The quantitative estimate of drug-likeness (QED) is 0.468. The van der Waals surface area contributed by atoms with Crippen LogP contribution < -0.4 is 4.90 Å². The second-order valence-electron chi connectivity index (χ2n) is 8.55. The molecule has 4 rings (SSSR count). The maximum Gasteiger partial charge on any atom is 0.421 e. The molecular formula is C24H24F4N2O3S2. The number of piperazine rings is 1. The van der Waals surface area contributed by atoms with Gasteiger partial charge in [-0.1, -0.05) is 36.4 Å². The minimum Gasteiger partial charge on any atom is -0.376 e. The molecule has 2 atom stereocenters. The average Bonchev–Trinajstić information content (AvgIpc) is 3.36. The zero-order chi connectivity index (χ0) is 25.4. The summed E-state index contributed by atoms with van der Waals surface area (Å²) in [4.78, 5) is 1.87. The summed E-state index contributed by atoms with van der Waals surface area (Å²) in [6.07, 6.45) is -4.64. The highest BCUT2D eigenvalue weighted by Gasteiger charge is 2.51. The van der Waals surface area contributed by atoms with Crippen LogP contribution >= 0.6 is 11.3 Å². The molecular weight excluding hydrogens is 504 g/mol. The largest absolute Gasteiger partial charge is 0.421 e. The van der Waals surface area contributed by atoms with E-state index in [2.05, 4.69) is 0 Å². The fraction of sp³-hybridized carbons (Fsp3) is 0.333. The Kier molecular flexibility index (Phi) is 6.98. The summed E-state index contributed by atoms with van der Waals surface area (Å²) in [5, 5.41) is 11.6. The van der Waals surface area contributed by atoms with E-state index in [1.807, 2.05) is 4.90 Å². The lowest BCUT2D eigenvalue weighted by atomic mass is 9.94. The predicted molar refractivity (Wildman–Crippen MR) is 126 cm³/mol. The van der Waals surface area contributed by atoms with E-state index in [-0.39, 0.29) is 35.8 Å². The highest BCUT2D eigenvalue weighted by molar-refractivity contribution is 7.91. The summed E-state index contributed by atoms with van der Waals surface area (Å²) in [5.41, 5.74) is -2.35. The molecule has 1 fully saturated rings. The summed E-state index contributed by atoms with van der Waals surface area (Å²) in [6, 6.07) is 14.3. The van der Waals surface area contributed by atoms with Crippen molar-refractivity contribution < 1.29 is 31.1 Å². The molecule has 188 valence electrons. The first-order chi connectivity index (χ1) is 16.4. The Morgan fingerprint density at radius 3 is 2.31 bits per heavy atom. The van der Waals surface area contributed by atoms with Crippen LogP contribution in [0.15, 0.2) is 70.3 Å². The van der Waals surface area contributed by atoms with E-state index in [1.54, 1.807) is 29.6 Å². The summed E-state index contributed by atoms with van der Waals surface area (Å²) < 4.78 is 81.9. The van der Waals surface area contributed by atoms with Crippen molar-refractivity contribution in [3.8, 4) is 0 Å². The third-order valence-corrected chi connectivity index (χ3v) is 9.50. The first kappa shape index (κ1) is 25.6. The van der Waals surface area contributed by atoms with Gasteiger partial charge < -0.3 is 10.0 Å². The number of alkyl halides is 3. The van der Waals surface area contributed by atoms with Crippen LogP contribution in [-0.4, -0.2) is 49.7 Å². The van der Waals surface area contributed by atoms with Gasteiger partial charge in [0.25, 0.3) is 10.0 Å². The Bertz CT molecular complexity index is 1260. The van der Waals surface area contributed by atoms with Gasteiger partial charge in [-0.25, -0.2) is 12.8 Å².